The van der Waals surface area contributed by atoms with Gasteiger partial charge in [-0.1, -0.05) is 43.9 Å². The van der Waals surface area contributed by atoms with Crippen molar-refractivity contribution in [2.75, 3.05) is 0 Å². The van der Waals surface area contributed by atoms with Gasteiger partial charge in [0.1, 0.15) is 0 Å². The van der Waals surface area contributed by atoms with Crippen LogP contribution in [0.2, 0.25) is 0 Å². The molecule has 0 bridgehead atoms. The van der Waals surface area contributed by atoms with E-state index >= 15 is 0 Å². The standard InChI is InChI=1S/C25H38O2/c1-19-17-20(2)22(10-5-4-7-12-25(15-16-25)23(26)27)21(18-19)9-6-8-11-24(3)13-14-24/h17-18H,4-16H2,1-3H3,(H,26,27). The maximum absolute atomic E-state index is 11.3. The Labute approximate surface area is 165 Å². The molecule has 0 unspecified atom stereocenters. The summed E-state index contributed by atoms with van der Waals surface area (Å²) in [6, 6.07) is 4.73. The molecule has 0 saturated heterocycles. The second-order valence-electron chi connectivity index (χ2n) is 9.88. The zero-order chi connectivity index (χ0) is 19.5. The van der Waals surface area contributed by atoms with Gasteiger partial charge < -0.3 is 5.11 Å². The van der Waals surface area contributed by atoms with Crippen LogP contribution in [-0.2, 0) is 17.6 Å². The van der Waals surface area contributed by atoms with Gasteiger partial charge in [0.2, 0.25) is 0 Å². The molecule has 27 heavy (non-hydrogen) atoms. The van der Waals surface area contributed by atoms with E-state index in [2.05, 4.69) is 32.9 Å². The van der Waals surface area contributed by atoms with E-state index in [1.165, 1.54) is 56.1 Å². The number of benzene rings is 1. The van der Waals surface area contributed by atoms with Crippen LogP contribution in [0.5, 0.6) is 0 Å². The number of unbranched alkanes of at least 4 members (excludes halogenated alkanes) is 3. The Balaban J connectivity index is 1.45. The van der Waals surface area contributed by atoms with Gasteiger partial charge in [-0.25, -0.2) is 0 Å². The van der Waals surface area contributed by atoms with Gasteiger partial charge in [0.25, 0.3) is 0 Å². The second-order valence-corrected chi connectivity index (χ2v) is 9.88. The summed E-state index contributed by atoms with van der Waals surface area (Å²) < 4.78 is 0. The number of carboxylic acid groups (broad SMARTS) is 1. The highest BCUT2D eigenvalue weighted by Crippen LogP contribution is 2.50. The lowest BCUT2D eigenvalue weighted by Crippen LogP contribution is -2.14. The Morgan fingerprint density at radius 2 is 1.59 bits per heavy atom. The van der Waals surface area contributed by atoms with Crippen LogP contribution in [0.4, 0.5) is 0 Å². The number of carbonyl (C=O) groups is 1. The highest BCUT2D eigenvalue weighted by atomic mass is 16.4. The van der Waals surface area contributed by atoms with E-state index < -0.39 is 5.97 Å². The van der Waals surface area contributed by atoms with Crippen LogP contribution in [0, 0.1) is 24.7 Å². The number of carboxylic acids is 1. The Morgan fingerprint density at radius 3 is 2.22 bits per heavy atom. The molecule has 1 aromatic rings. The maximum Gasteiger partial charge on any atom is 0.309 e. The zero-order valence-corrected chi connectivity index (χ0v) is 17.7. The van der Waals surface area contributed by atoms with Crippen molar-refractivity contribution in [1.82, 2.24) is 0 Å². The topological polar surface area (TPSA) is 37.3 Å². The minimum atomic E-state index is -0.570. The molecule has 0 radical (unpaired) electrons. The predicted octanol–water partition coefficient (Wildman–Crippen LogP) is 6.78. The lowest BCUT2D eigenvalue weighted by Gasteiger charge is -2.15. The molecule has 2 saturated carbocycles. The van der Waals surface area contributed by atoms with Crippen molar-refractivity contribution in [1.29, 1.82) is 0 Å². The fraction of sp³-hybridized carbons (Fsp3) is 0.720. The van der Waals surface area contributed by atoms with Gasteiger partial charge >= 0.3 is 5.97 Å². The molecule has 0 aliphatic heterocycles. The van der Waals surface area contributed by atoms with Crippen molar-refractivity contribution in [3.63, 3.8) is 0 Å². The summed E-state index contributed by atoms with van der Waals surface area (Å²) in [4.78, 5) is 11.3. The molecule has 0 spiro atoms. The number of aliphatic carboxylic acids is 1. The Kier molecular flexibility index (Phi) is 6.33. The Bertz CT molecular complexity index is 665. The van der Waals surface area contributed by atoms with Crippen LogP contribution >= 0.6 is 0 Å². The molecule has 0 amide bonds. The first-order valence-electron chi connectivity index (χ1n) is 11.2. The molecule has 3 rings (SSSR count). The highest BCUT2D eigenvalue weighted by molar-refractivity contribution is 5.77. The molecule has 150 valence electrons. The average Bonchev–Trinajstić information content (AvgIpc) is 3.51. The minimum absolute atomic E-state index is 0.344. The molecule has 2 heteroatoms. The summed E-state index contributed by atoms with van der Waals surface area (Å²) in [6.07, 6.45) is 15.4. The summed E-state index contributed by atoms with van der Waals surface area (Å²) in [7, 11) is 0. The molecular weight excluding hydrogens is 332 g/mol. The molecule has 0 heterocycles. The number of hydrogen-bond acceptors (Lipinski definition) is 1. The van der Waals surface area contributed by atoms with E-state index in [-0.39, 0.29) is 5.41 Å². The lowest BCUT2D eigenvalue weighted by molar-refractivity contribution is -0.143. The Hall–Kier alpha value is -1.31. The van der Waals surface area contributed by atoms with Crippen LogP contribution in [0.3, 0.4) is 0 Å². The highest BCUT2D eigenvalue weighted by Gasteiger charge is 2.49. The fourth-order valence-electron chi connectivity index (χ4n) is 4.66. The van der Waals surface area contributed by atoms with Crippen molar-refractivity contribution in [3.8, 4) is 0 Å². The number of aryl methyl sites for hydroxylation is 3. The second kappa shape index (κ2) is 8.37. The van der Waals surface area contributed by atoms with E-state index in [0.717, 1.165) is 38.5 Å². The number of hydrogen-bond donors (Lipinski definition) is 1. The first-order chi connectivity index (χ1) is 12.8. The molecule has 2 aliphatic carbocycles. The van der Waals surface area contributed by atoms with E-state index in [1.54, 1.807) is 11.1 Å². The van der Waals surface area contributed by atoms with Gasteiger partial charge in [-0.3, -0.25) is 4.79 Å². The van der Waals surface area contributed by atoms with E-state index in [1.807, 2.05) is 0 Å². The maximum atomic E-state index is 11.3. The van der Waals surface area contributed by atoms with Gasteiger partial charge in [0, 0.05) is 0 Å². The molecule has 0 aromatic heterocycles. The third-order valence-electron chi connectivity index (χ3n) is 7.18. The summed E-state index contributed by atoms with van der Waals surface area (Å²) in [5.41, 5.74) is 6.31. The summed E-state index contributed by atoms with van der Waals surface area (Å²) in [5, 5.41) is 9.29. The van der Waals surface area contributed by atoms with Crippen molar-refractivity contribution >= 4 is 5.97 Å². The summed E-state index contributed by atoms with van der Waals surface area (Å²) in [6.45, 7) is 6.92. The lowest BCUT2D eigenvalue weighted by atomic mass is 9.90. The quantitative estimate of drug-likeness (QED) is 0.412. The van der Waals surface area contributed by atoms with Crippen LogP contribution in [-0.4, -0.2) is 11.1 Å². The molecule has 1 N–H and O–H groups in total. The molecule has 2 fully saturated rings. The van der Waals surface area contributed by atoms with Crippen LogP contribution < -0.4 is 0 Å². The predicted molar refractivity (Wildman–Crippen MR) is 112 cm³/mol. The van der Waals surface area contributed by atoms with E-state index in [4.69, 9.17) is 0 Å². The first kappa shape index (κ1) is 20.4. The van der Waals surface area contributed by atoms with Gasteiger partial charge in [-0.15, -0.1) is 0 Å². The summed E-state index contributed by atoms with van der Waals surface area (Å²) >= 11 is 0. The van der Waals surface area contributed by atoms with Gasteiger partial charge in [-0.05, 0) is 100 Å². The van der Waals surface area contributed by atoms with Crippen molar-refractivity contribution in [3.05, 3.63) is 34.4 Å². The molecule has 0 atom stereocenters. The van der Waals surface area contributed by atoms with Crippen molar-refractivity contribution in [2.45, 2.75) is 104 Å². The third-order valence-corrected chi connectivity index (χ3v) is 7.18. The van der Waals surface area contributed by atoms with Crippen LogP contribution in [0.25, 0.3) is 0 Å². The van der Waals surface area contributed by atoms with Gasteiger partial charge in [0.05, 0.1) is 5.41 Å². The fourth-order valence-corrected chi connectivity index (χ4v) is 4.66. The van der Waals surface area contributed by atoms with Crippen LogP contribution in [0.1, 0.15) is 99.8 Å². The van der Waals surface area contributed by atoms with Crippen LogP contribution in [0.15, 0.2) is 12.1 Å². The van der Waals surface area contributed by atoms with Crippen molar-refractivity contribution in [2.24, 2.45) is 10.8 Å². The van der Waals surface area contributed by atoms with Gasteiger partial charge in [-0.2, -0.15) is 0 Å². The largest absolute Gasteiger partial charge is 0.481 e. The average molecular weight is 371 g/mol. The van der Waals surface area contributed by atoms with Gasteiger partial charge in [0.15, 0.2) is 0 Å². The summed E-state index contributed by atoms with van der Waals surface area (Å²) in [5.74, 6) is -0.570. The van der Waals surface area contributed by atoms with E-state index in [0.29, 0.717) is 5.41 Å². The van der Waals surface area contributed by atoms with E-state index in [9.17, 15) is 9.90 Å². The normalized spacial score (nSPS) is 19.1. The zero-order valence-electron chi connectivity index (χ0n) is 17.7. The first-order valence-corrected chi connectivity index (χ1v) is 11.2. The molecule has 2 aliphatic rings. The monoisotopic (exact) mass is 370 g/mol. The minimum Gasteiger partial charge on any atom is -0.481 e. The molecule has 2 nitrogen and oxygen atoms in total. The Morgan fingerprint density at radius 1 is 0.926 bits per heavy atom. The third kappa shape index (κ3) is 5.59. The SMILES string of the molecule is Cc1cc(C)c(CCCCCC2(C(=O)O)CC2)c(CCCCC2(C)CC2)c1. The molecular formula is C25H38O2. The smallest absolute Gasteiger partial charge is 0.309 e. The van der Waals surface area contributed by atoms with Crippen molar-refractivity contribution < 1.29 is 9.90 Å². The number of rotatable bonds is 12. The molecule has 1 aromatic carbocycles.